The molecule has 1 aromatic carbocycles. The lowest BCUT2D eigenvalue weighted by molar-refractivity contribution is 0.0944. The van der Waals surface area contributed by atoms with Gasteiger partial charge >= 0.3 is 0 Å². The van der Waals surface area contributed by atoms with Crippen molar-refractivity contribution in [2.24, 2.45) is 0 Å². The molecule has 3 N–H and O–H groups in total. The standard InChI is InChI=1S/C19H19F2N5O/c1-19(2,27)11-23-16-8-17(24-13-7-12(20)9-22-10-13)26-18(25-16)14-5-3-4-6-15(14)21/h3-10,27H,11H2,1-2H3,(H2,23,24,25,26). The number of benzene rings is 1. The van der Waals surface area contributed by atoms with Crippen molar-refractivity contribution < 1.29 is 13.9 Å². The highest BCUT2D eigenvalue weighted by atomic mass is 19.1. The number of nitrogens with zero attached hydrogens (tertiary/aromatic N) is 3. The van der Waals surface area contributed by atoms with Gasteiger partial charge in [0.25, 0.3) is 0 Å². The molecule has 0 unspecified atom stereocenters. The first-order chi connectivity index (χ1) is 12.8. The summed E-state index contributed by atoms with van der Waals surface area (Å²) in [5.74, 6) is -0.0916. The van der Waals surface area contributed by atoms with Crippen LogP contribution in [0.2, 0.25) is 0 Å². The Morgan fingerprint density at radius 2 is 1.78 bits per heavy atom. The van der Waals surface area contributed by atoms with E-state index in [4.69, 9.17) is 0 Å². The van der Waals surface area contributed by atoms with Gasteiger partial charge in [-0.05, 0) is 26.0 Å². The number of aromatic nitrogens is 3. The predicted octanol–water partition coefficient (Wildman–Crippen LogP) is 3.74. The molecule has 0 fully saturated rings. The van der Waals surface area contributed by atoms with E-state index in [1.807, 2.05) is 0 Å². The number of halogens is 2. The van der Waals surface area contributed by atoms with Crippen LogP contribution >= 0.6 is 0 Å². The van der Waals surface area contributed by atoms with E-state index in [9.17, 15) is 13.9 Å². The topological polar surface area (TPSA) is 83.0 Å². The van der Waals surface area contributed by atoms with E-state index < -0.39 is 17.2 Å². The number of pyridine rings is 1. The van der Waals surface area contributed by atoms with Gasteiger partial charge < -0.3 is 15.7 Å². The first kappa shape index (κ1) is 18.7. The second-order valence-corrected chi connectivity index (χ2v) is 6.62. The van der Waals surface area contributed by atoms with Crippen LogP contribution in [0.4, 0.5) is 26.1 Å². The molecule has 2 aromatic heterocycles. The van der Waals surface area contributed by atoms with Gasteiger partial charge in [-0.15, -0.1) is 0 Å². The lowest BCUT2D eigenvalue weighted by Gasteiger charge is -2.19. The van der Waals surface area contributed by atoms with Crippen LogP contribution in [-0.2, 0) is 0 Å². The molecule has 0 aliphatic heterocycles. The molecule has 27 heavy (non-hydrogen) atoms. The molecule has 0 aliphatic carbocycles. The molecule has 0 spiro atoms. The number of hydrogen-bond donors (Lipinski definition) is 3. The molecule has 8 heteroatoms. The van der Waals surface area contributed by atoms with Gasteiger partial charge in [0.15, 0.2) is 5.82 Å². The Hall–Kier alpha value is -3.13. The molecular weight excluding hydrogens is 352 g/mol. The van der Waals surface area contributed by atoms with E-state index in [1.165, 1.54) is 18.3 Å². The van der Waals surface area contributed by atoms with Gasteiger partial charge in [0.1, 0.15) is 23.3 Å². The van der Waals surface area contributed by atoms with Gasteiger partial charge in [-0.3, -0.25) is 4.98 Å². The van der Waals surface area contributed by atoms with E-state index in [0.717, 1.165) is 6.20 Å². The van der Waals surface area contributed by atoms with Crippen molar-refractivity contribution in [3.05, 3.63) is 60.4 Å². The molecular formula is C19H19F2N5O. The maximum absolute atomic E-state index is 14.2. The fourth-order valence-electron chi connectivity index (χ4n) is 2.30. The van der Waals surface area contributed by atoms with E-state index in [0.29, 0.717) is 17.3 Å². The van der Waals surface area contributed by atoms with Crippen molar-refractivity contribution in [3.63, 3.8) is 0 Å². The molecule has 0 saturated heterocycles. The highest BCUT2D eigenvalue weighted by molar-refractivity contribution is 5.65. The number of nitrogens with one attached hydrogen (secondary N) is 2. The second kappa shape index (κ2) is 7.63. The van der Waals surface area contributed by atoms with Crippen LogP contribution in [0.1, 0.15) is 13.8 Å². The number of hydrogen-bond acceptors (Lipinski definition) is 6. The van der Waals surface area contributed by atoms with Crippen molar-refractivity contribution in [1.82, 2.24) is 15.0 Å². The van der Waals surface area contributed by atoms with Crippen molar-refractivity contribution in [3.8, 4) is 11.4 Å². The summed E-state index contributed by atoms with van der Waals surface area (Å²) in [4.78, 5) is 12.4. The highest BCUT2D eigenvalue weighted by Crippen LogP contribution is 2.25. The Kier molecular flexibility index (Phi) is 5.27. The fraction of sp³-hybridized carbons (Fsp3) is 0.211. The van der Waals surface area contributed by atoms with Gasteiger partial charge in [-0.1, -0.05) is 12.1 Å². The highest BCUT2D eigenvalue weighted by Gasteiger charge is 2.15. The second-order valence-electron chi connectivity index (χ2n) is 6.62. The van der Waals surface area contributed by atoms with Crippen molar-refractivity contribution in [2.45, 2.75) is 19.4 Å². The molecule has 6 nitrogen and oxygen atoms in total. The normalized spacial score (nSPS) is 11.3. The molecule has 3 rings (SSSR count). The predicted molar refractivity (Wildman–Crippen MR) is 99.7 cm³/mol. The Morgan fingerprint density at radius 3 is 2.48 bits per heavy atom. The summed E-state index contributed by atoms with van der Waals surface area (Å²) in [5.41, 5.74) is -0.352. The average Bonchev–Trinajstić information content (AvgIpc) is 2.60. The van der Waals surface area contributed by atoms with E-state index in [-0.39, 0.29) is 17.9 Å². The first-order valence-electron chi connectivity index (χ1n) is 8.28. The van der Waals surface area contributed by atoms with Gasteiger partial charge in [-0.2, -0.15) is 0 Å². The smallest absolute Gasteiger partial charge is 0.166 e. The Bertz CT molecular complexity index is 943. The number of aliphatic hydroxyl groups is 1. The Labute approximate surface area is 155 Å². The Morgan fingerprint density at radius 1 is 1.04 bits per heavy atom. The fourth-order valence-corrected chi connectivity index (χ4v) is 2.30. The lowest BCUT2D eigenvalue weighted by atomic mass is 10.1. The summed E-state index contributed by atoms with van der Waals surface area (Å²) in [7, 11) is 0. The van der Waals surface area contributed by atoms with Crippen LogP contribution in [-0.4, -0.2) is 32.2 Å². The van der Waals surface area contributed by atoms with E-state index in [2.05, 4.69) is 25.6 Å². The zero-order valence-corrected chi connectivity index (χ0v) is 14.9. The minimum Gasteiger partial charge on any atom is -0.389 e. The zero-order valence-electron chi connectivity index (χ0n) is 14.9. The van der Waals surface area contributed by atoms with Crippen LogP contribution in [0.5, 0.6) is 0 Å². The van der Waals surface area contributed by atoms with Crippen LogP contribution < -0.4 is 10.6 Å². The maximum atomic E-state index is 14.2. The van der Waals surface area contributed by atoms with Crippen molar-refractivity contribution in [1.29, 1.82) is 0 Å². The number of rotatable bonds is 6. The molecule has 0 radical (unpaired) electrons. The molecule has 0 atom stereocenters. The van der Waals surface area contributed by atoms with Crippen molar-refractivity contribution in [2.75, 3.05) is 17.2 Å². The summed E-state index contributed by atoms with van der Waals surface area (Å²) in [6, 6.07) is 9.00. The maximum Gasteiger partial charge on any atom is 0.166 e. The first-order valence-corrected chi connectivity index (χ1v) is 8.28. The zero-order chi connectivity index (χ0) is 19.4. The summed E-state index contributed by atoms with van der Waals surface area (Å²) in [5, 5.41) is 15.8. The molecule has 140 valence electrons. The molecule has 0 aliphatic rings. The Balaban J connectivity index is 1.98. The largest absolute Gasteiger partial charge is 0.389 e. The summed E-state index contributed by atoms with van der Waals surface area (Å²) in [6.07, 6.45) is 2.53. The minimum atomic E-state index is -0.969. The quantitative estimate of drug-likeness (QED) is 0.612. The monoisotopic (exact) mass is 371 g/mol. The summed E-state index contributed by atoms with van der Waals surface area (Å²) < 4.78 is 27.5. The molecule has 0 saturated carbocycles. The third-order valence-electron chi connectivity index (χ3n) is 3.52. The summed E-state index contributed by atoms with van der Waals surface area (Å²) in [6.45, 7) is 3.52. The molecule has 0 bridgehead atoms. The van der Waals surface area contributed by atoms with Crippen LogP contribution in [0, 0.1) is 11.6 Å². The van der Waals surface area contributed by atoms with Gasteiger partial charge in [0.2, 0.25) is 0 Å². The van der Waals surface area contributed by atoms with Gasteiger partial charge in [0.05, 0.1) is 29.2 Å². The van der Waals surface area contributed by atoms with Gasteiger partial charge in [0, 0.05) is 18.7 Å². The molecule has 3 aromatic rings. The molecule has 2 heterocycles. The molecule has 0 amide bonds. The third-order valence-corrected chi connectivity index (χ3v) is 3.52. The van der Waals surface area contributed by atoms with Crippen molar-refractivity contribution >= 4 is 17.3 Å². The third kappa shape index (κ3) is 5.18. The van der Waals surface area contributed by atoms with E-state index >= 15 is 0 Å². The summed E-state index contributed by atoms with van der Waals surface area (Å²) >= 11 is 0. The number of anilines is 3. The van der Waals surface area contributed by atoms with E-state index in [1.54, 1.807) is 38.1 Å². The van der Waals surface area contributed by atoms with Crippen LogP contribution in [0.3, 0.4) is 0 Å². The SMILES string of the molecule is CC(C)(O)CNc1cc(Nc2cncc(F)c2)nc(-c2ccccc2F)n1. The minimum absolute atomic E-state index is 0.153. The van der Waals surface area contributed by atoms with Gasteiger partial charge in [-0.25, -0.2) is 18.7 Å². The van der Waals surface area contributed by atoms with Crippen LogP contribution in [0.25, 0.3) is 11.4 Å². The lowest BCUT2D eigenvalue weighted by Crippen LogP contribution is -2.29. The van der Waals surface area contributed by atoms with Crippen LogP contribution in [0.15, 0.2) is 48.8 Å². The average molecular weight is 371 g/mol.